The molecule has 31 heavy (non-hydrogen) atoms. The molecule has 1 aromatic carbocycles. The minimum absolute atomic E-state index is 0.354. The van der Waals surface area contributed by atoms with E-state index >= 15 is 0 Å². The molecular formula is C25H46N2O4. The minimum Gasteiger partial charge on any atom is -0.493 e. The second kappa shape index (κ2) is 15.5. The van der Waals surface area contributed by atoms with Crippen molar-refractivity contribution in [1.82, 2.24) is 5.32 Å². The Kier molecular flexibility index (Phi) is 13.8. The van der Waals surface area contributed by atoms with Crippen LogP contribution in [0.1, 0.15) is 65.4 Å². The molecule has 0 aliphatic heterocycles. The SMILES string of the molecule is CCC(CC)NC(N)[C@@H](O)CC[C@@H](Cc1ccc(OC)c(OCCCOC)c1)C(C)C. The monoisotopic (exact) mass is 438 g/mol. The molecule has 1 rings (SSSR count). The summed E-state index contributed by atoms with van der Waals surface area (Å²) in [5.41, 5.74) is 7.42. The van der Waals surface area contributed by atoms with Gasteiger partial charge in [-0.3, -0.25) is 5.32 Å². The van der Waals surface area contributed by atoms with Crippen molar-refractivity contribution in [2.75, 3.05) is 27.4 Å². The number of aliphatic hydroxyl groups excluding tert-OH is 1. The number of benzene rings is 1. The molecule has 3 atom stereocenters. The van der Waals surface area contributed by atoms with Crippen molar-refractivity contribution >= 4 is 0 Å². The summed E-state index contributed by atoms with van der Waals surface area (Å²) in [5, 5.41) is 13.9. The molecule has 6 nitrogen and oxygen atoms in total. The van der Waals surface area contributed by atoms with Gasteiger partial charge in [0.1, 0.15) is 0 Å². The van der Waals surface area contributed by atoms with Crippen molar-refractivity contribution in [3.05, 3.63) is 23.8 Å². The van der Waals surface area contributed by atoms with Crippen LogP contribution in [-0.2, 0) is 11.2 Å². The highest BCUT2D eigenvalue weighted by Gasteiger charge is 2.21. The Labute approximate surface area is 189 Å². The Balaban J connectivity index is 2.71. The number of methoxy groups -OCH3 is 2. The van der Waals surface area contributed by atoms with Crippen LogP contribution in [0.2, 0.25) is 0 Å². The van der Waals surface area contributed by atoms with E-state index in [9.17, 15) is 5.11 Å². The molecule has 180 valence electrons. The number of nitrogens with one attached hydrogen (secondary N) is 1. The van der Waals surface area contributed by atoms with E-state index in [1.54, 1.807) is 14.2 Å². The third kappa shape index (κ3) is 10.2. The van der Waals surface area contributed by atoms with Crippen molar-refractivity contribution in [2.45, 2.75) is 84.5 Å². The molecule has 0 aliphatic carbocycles. The highest BCUT2D eigenvalue weighted by atomic mass is 16.5. The molecule has 0 aliphatic rings. The average molecular weight is 439 g/mol. The second-order valence-corrected chi connectivity index (χ2v) is 8.74. The lowest BCUT2D eigenvalue weighted by Gasteiger charge is -2.27. The smallest absolute Gasteiger partial charge is 0.161 e. The zero-order valence-corrected chi connectivity index (χ0v) is 20.5. The Bertz CT molecular complexity index is 593. The van der Waals surface area contributed by atoms with Crippen LogP contribution in [0, 0.1) is 11.8 Å². The molecule has 0 saturated carbocycles. The van der Waals surface area contributed by atoms with Gasteiger partial charge in [-0.25, -0.2) is 0 Å². The van der Waals surface area contributed by atoms with Crippen LogP contribution < -0.4 is 20.5 Å². The third-order valence-corrected chi connectivity index (χ3v) is 6.08. The van der Waals surface area contributed by atoms with Crippen LogP contribution in [0.5, 0.6) is 11.5 Å². The fraction of sp³-hybridized carbons (Fsp3) is 0.760. The molecule has 1 unspecified atom stereocenters. The highest BCUT2D eigenvalue weighted by molar-refractivity contribution is 5.43. The zero-order valence-electron chi connectivity index (χ0n) is 20.5. The van der Waals surface area contributed by atoms with Gasteiger partial charge in [0.2, 0.25) is 0 Å². The summed E-state index contributed by atoms with van der Waals surface area (Å²) < 4.78 is 16.5. The maximum atomic E-state index is 10.6. The molecule has 0 fully saturated rings. The Morgan fingerprint density at radius 3 is 2.32 bits per heavy atom. The van der Waals surface area contributed by atoms with Gasteiger partial charge < -0.3 is 25.1 Å². The summed E-state index contributed by atoms with van der Waals surface area (Å²) >= 11 is 0. The van der Waals surface area contributed by atoms with Gasteiger partial charge in [-0.05, 0) is 61.6 Å². The Morgan fingerprint density at radius 2 is 1.74 bits per heavy atom. The first-order chi connectivity index (χ1) is 14.9. The van der Waals surface area contributed by atoms with Crippen molar-refractivity contribution in [2.24, 2.45) is 17.6 Å². The van der Waals surface area contributed by atoms with Crippen molar-refractivity contribution in [3.8, 4) is 11.5 Å². The zero-order chi connectivity index (χ0) is 23.2. The summed E-state index contributed by atoms with van der Waals surface area (Å²) in [5.74, 6) is 2.47. The quantitative estimate of drug-likeness (QED) is 0.250. The predicted molar refractivity (Wildman–Crippen MR) is 128 cm³/mol. The van der Waals surface area contributed by atoms with E-state index in [0.717, 1.165) is 43.6 Å². The molecular weight excluding hydrogens is 392 g/mol. The Hall–Kier alpha value is -1.34. The van der Waals surface area contributed by atoms with Gasteiger partial charge in [-0.1, -0.05) is 33.8 Å². The van der Waals surface area contributed by atoms with Crippen LogP contribution in [0.25, 0.3) is 0 Å². The topological polar surface area (TPSA) is 86.0 Å². The minimum atomic E-state index is -0.544. The van der Waals surface area contributed by atoms with Crippen molar-refractivity contribution in [1.29, 1.82) is 0 Å². The third-order valence-electron chi connectivity index (χ3n) is 6.08. The van der Waals surface area contributed by atoms with Gasteiger partial charge in [0.25, 0.3) is 0 Å². The number of hydrogen-bond acceptors (Lipinski definition) is 6. The molecule has 0 radical (unpaired) electrons. The number of hydrogen-bond donors (Lipinski definition) is 3. The van der Waals surface area contributed by atoms with E-state index in [2.05, 4.69) is 45.1 Å². The molecule has 6 heteroatoms. The number of nitrogens with two attached hydrogens (primary N) is 1. The lowest BCUT2D eigenvalue weighted by atomic mass is 9.84. The van der Waals surface area contributed by atoms with Gasteiger partial charge in [0.15, 0.2) is 11.5 Å². The van der Waals surface area contributed by atoms with Gasteiger partial charge in [0.05, 0.1) is 26.0 Å². The average Bonchev–Trinajstić information content (AvgIpc) is 2.77. The number of rotatable bonds is 17. The molecule has 1 aromatic rings. The van der Waals surface area contributed by atoms with Gasteiger partial charge in [-0.2, -0.15) is 0 Å². The van der Waals surface area contributed by atoms with Gasteiger partial charge in [-0.15, -0.1) is 0 Å². The molecule has 0 aromatic heterocycles. The first kappa shape index (κ1) is 27.7. The van der Waals surface area contributed by atoms with Crippen molar-refractivity contribution in [3.63, 3.8) is 0 Å². The predicted octanol–water partition coefficient (Wildman–Crippen LogP) is 4.13. The fourth-order valence-corrected chi connectivity index (χ4v) is 3.79. The molecule has 0 heterocycles. The van der Waals surface area contributed by atoms with E-state index in [4.69, 9.17) is 19.9 Å². The maximum Gasteiger partial charge on any atom is 0.161 e. The highest BCUT2D eigenvalue weighted by Crippen LogP contribution is 2.31. The van der Waals surface area contributed by atoms with E-state index in [1.807, 2.05) is 6.07 Å². The summed E-state index contributed by atoms with van der Waals surface area (Å²) in [6.07, 6.45) is 4.47. The maximum absolute atomic E-state index is 10.6. The van der Waals surface area contributed by atoms with E-state index in [1.165, 1.54) is 5.56 Å². The molecule has 0 amide bonds. The van der Waals surface area contributed by atoms with Crippen LogP contribution in [0.15, 0.2) is 18.2 Å². The summed E-state index contributed by atoms with van der Waals surface area (Å²) in [7, 11) is 3.35. The largest absolute Gasteiger partial charge is 0.493 e. The standard InChI is InChI=1S/C25H46N2O4/c1-7-21(8-2)27-25(26)22(28)12-11-20(18(3)4)16-19-10-13-23(30-6)24(17-19)31-15-9-14-29-5/h10,13,17-18,20-22,25,27-28H,7-9,11-12,14-16,26H2,1-6H3/t20-,22-,25?/m0/s1. The number of ether oxygens (including phenoxy) is 3. The van der Waals surface area contributed by atoms with Crippen LogP contribution in [0.3, 0.4) is 0 Å². The first-order valence-corrected chi connectivity index (χ1v) is 11.8. The van der Waals surface area contributed by atoms with Crippen molar-refractivity contribution < 1.29 is 19.3 Å². The molecule has 0 saturated heterocycles. The molecule has 0 bridgehead atoms. The normalized spacial score (nSPS) is 14.6. The summed E-state index contributed by atoms with van der Waals surface area (Å²) in [6.45, 7) is 10.0. The molecule has 4 N–H and O–H groups in total. The summed E-state index contributed by atoms with van der Waals surface area (Å²) in [4.78, 5) is 0. The fourth-order valence-electron chi connectivity index (χ4n) is 3.79. The van der Waals surface area contributed by atoms with E-state index < -0.39 is 6.10 Å². The van der Waals surface area contributed by atoms with Gasteiger partial charge >= 0.3 is 0 Å². The lowest BCUT2D eigenvalue weighted by molar-refractivity contribution is 0.102. The van der Waals surface area contributed by atoms with E-state index in [-0.39, 0.29) is 6.17 Å². The lowest BCUT2D eigenvalue weighted by Crippen LogP contribution is -2.51. The van der Waals surface area contributed by atoms with Crippen LogP contribution in [-0.4, -0.2) is 50.9 Å². The van der Waals surface area contributed by atoms with Crippen LogP contribution in [0.4, 0.5) is 0 Å². The first-order valence-electron chi connectivity index (χ1n) is 11.8. The number of aliphatic hydroxyl groups is 1. The Morgan fingerprint density at radius 1 is 1.03 bits per heavy atom. The van der Waals surface area contributed by atoms with E-state index in [0.29, 0.717) is 37.5 Å². The van der Waals surface area contributed by atoms with Gasteiger partial charge in [0, 0.05) is 26.2 Å². The second-order valence-electron chi connectivity index (χ2n) is 8.74. The van der Waals surface area contributed by atoms with Crippen LogP contribution >= 0.6 is 0 Å². The molecule has 0 spiro atoms. The summed E-state index contributed by atoms with van der Waals surface area (Å²) in [6, 6.07) is 6.51.